The minimum Gasteiger partial charge on any atom is -0.423 e. The van der Waals surface area contributed by atoms with Crippen LogP contribution < -0.4 is 5.46 Å². The molecule has 0 spiro atoms. The third kappa shape index (κ3) is 1.69. The van der Waals surface area contributed by atoms with Crippen LogP contribution in [0.3, 0.4) is 0 Å². The Bertz CT molecular complexity index is 413. The molecule has 1 aromatic carbocycles. The van der Waals surface area contributed by atoms with Crippen molar-refractivity contribution in [3.8, 4) is 0 Å². The molecule has 2 rings (SSSR count). The highest BCUT2D eigenvalue weighted by atomic mass is 16.6. The van der Waals surface area contributed by atoms with Crippen molar-refractivity contribution in [1.82, 2.24) is 0 Å². The Morgan fingerprint density at radius 1 is 1.56 bits per heavy atom. The topological polar surface area (TPSA) is 92.8 Å². The van der Waals surface area contributed by atoms with E-state index in [-0.39, 0.29) is 0 Å². The van der Waals surface area contributed by atoms with Gasteiger partial charge in [-0.05, 0) is 11.0 Å². The first kappa shape index (κ1) is 11.1. The van der Waals surface area contributed by atoms with Crippen molar-refractivity contribution in [2.75, 3.05) is 6.61 Å². The Hall–Kier alpha value is -1.44. The molecule has 1 aliphatic rings. The van der Waals surface area contributed by atoms with E-state index < -0.39 is 30.8 Å². The molecule has 1 heterocycles. The highest BCUT2D eigenvalue weighted by Gasteiger charge is 2.43. The van der Waals surface area contributed by atoms with Crippen molar-refractivity contribution in [2.24, 2.45) is 0 Å². The van der Waals surface area contributed by atoms with Gasteiger partial charge in [-0.15, -0.1) is 0 Å². The zero-order valence-electron chi connectivity index (χ0n) is 8.31. The van der Waals surface area contributed by atoms with Gasteiger partial charge < -0.3 is 14.8 Å². The molecule has 0 saturated carbocycles. The van der Waals surface area contributed by atoms with Gasteiger partial charge in [-0.25, -0.2) is 0 Å². The lowest BCUT2D eigenvalue weighted by atomic mass is 9.79. The fourth-order valence-corrected chi connectivity index (χ4v) is 1.85. The number of hydrogen-bond acceptors (Lipinski definition) is 5. The van der Waals surface area contributed by atoms with Gasteiger partial charge in [-0.1, -0.05) is 24.3 Å². The second-order valence-electron chi connectivity index (χ2n) is 3.57. The highest BCUT2D eigenvalue weighted by Crippen LogP contribution is 2.27. The van der Waals surface area contributed by atoms with Crippen molar-refractivity contribution >= 4 is 12.6 Å². The van der Waals surface area contributed by atoms with Crippen LogP contribution in [-0.2, 0) is 4.65 Å². The van der Waals surface area contributed by atoms with Gasteiger partial charge in [0.1, 0.15) is 12.7 Å². The summed E-state index contributed by atoms with van der Waals surface area (Å²) < 4.78 is 5.10. The number of fused-ring (bicyclic) bond motifs is 1. The zero-order valence-corrected chi connectivity index (χ0v) is 8.31. The van der Waals surface area contributed by atoms with Crippen molar-refractivity contribution in [3.05, 3.63) is 39.9 Å². The molecule has 0 aromatic heterocycles. The molecule has 1 aliphatic heterocycles. The molecule has 0 saturated heterocycles. The lowest BCUT2D eigenvalue weighted by Crippen LogP contribution is -2.32. The summed E-state index contributed by atoms with van der Waals surface area (Å²) in [5, 5.41) is 29.2. The van der Waals surface area contributed by atoms with E-state index in [9.17, 15) is 15.1 Å². The summed E-state index contributed by atoms with van der Waals surface area (Å²) in [5.41, 5.74) is 1.08. The highest BCUT2D eigenvalue weighted by molar-refractivity contribution is 6.61. The minimum atomic E-state index is -1.25. The monoisotopic (exact) mass is 223 g/mol. The largest absolute Gasteiger partial charge is 0.492 e. The Kier molecular flexibility index (Phi) is 2.91. The number of aliphatic hydroxyl groups excluding tert-OH is 1. The average molecular weight is 223 g/mol. The minimum absolute atomic E-state index is 0.521. The van der Waals surface area contributed by atoms with Crippen molar-refractivity contribution in [1.29, 1.82) is 0 Å². The maximum atomic E-state index is 10.7. The standard InChI is InChI=1S/C9H10BNO5/c12-5-8(11(14)15)9-6-3-1-2-4-7(6)10(13)16-9/h1-4,8-9,12-13H,5H2. The molecule has 7 heteroatoms. The molecule has 0 radical (unpaired) electrons. The number of nitro groups is 1. The first-order chi connectivity index (χ1) is 7.65. The Morgan fingerprint density at radius 3 is 2.88 bits per heavy atom. The fourth-order valence-electron chi connectivity index (χ4n) is 1.85. The van der Waals surface area contributed by atoms with Crippen LogP contribution in [0.4, 0.5) is 0 Å². The number of aliphatic hydroxyl groups is 1. The molecular formula is C9H10BNO5. The normalized spacial score (nSPS) is 20.6. The summed E-state index contributed by atoms with van der Waals surface area (Å²) in [7, 11) is -1.16. The predicted octanol–water partition coefficient (Wildman–Crippen LogP) is -0.917. The predicted molar refractivity (Wildman–Crippen MR) is 55.7 cm³/mol. The zero-order chi connectivity index (χ0) is 11.7. The van der Waals surface area contributed by atoms with Crippen LogP contribution in [0.5, 0.6) is 0 Å². The van der Waals surface area contributed by atoms with E-state index in [1.165, 1.54) is 0 Å². The van der Waals surface area contributed by atoms with Gasteiger partial charge >= 0.3 is 7.12 Å². The maximum Gasteiger partial charge on any atom is 0.492 e. The smallest absolute Gasteiger partial charge is 0.423 e. The van der Waals surface area contributed by atoms with Crippen LogP contribution in [0.2, 0.25) is 0 Å². The number of hydrogen-bond donors (Lipinski definition) is 2. The number of nitrogens with zero attached hydrogens (tertiary/aromatic N) is 1. The van der Waals surface area contributed by atoms with Gasteiger partial charge in [0, 0.05) is 4.92 Å². The third-order valence-electron chi connectivity index (χ3n) is 2.65. The first-order valence-corrected chi connectivity index (χ1v) is 4.82. The number of benzene rings is 1. The second kappa shape index (κ2) is 4.21. The van der Waals surface area contributed by atoms with Crippen LogP contribution in [0.25, 0.3) is 0 Å². The van der Waals surface area contributed by atoms with Crippen LogP contribution in [0, 0.1) is 10.1 Å². The molecule has 2 atom stereocenters. The summed E-state index contributed by atoms with van der Waals surface area (Å²) >= 11 is 0. The van der Waals surface area contributed by atoms with Gasteiger partial charge in [-0.2, -0.15) is 0 Å². The molecule has 1 aromatic rings. The Morgan fingerprint density at radius 2 is 2.25 bits per heavy atom. The maximum absolute atomic E-state index is 10.7. The fraction of sp³-hybridized carbons (Fsp3) is 0.333. The Labute approximate surface area is 91.8 Å². The molecule has 16 heavy (non-hydrogen) atoms. The van der Waals surface area contributed by atoms with E-state index in [0.717, 1.165) is 0 Å². The number of rotatable bonds is 3. The molecule has 0 amide bonds. The van der Waals surface area contributed by atoms with Gasteiger partial charge in [0.2, 0.25) is 0 Å². The van der Waals surface area contributed by atoms with E-state index in [1.807, 2.05) is 0 Å². The van der Waals surface area contributed by atoms with Crippen LogP contribution in [-0.4, -0.2) is 34.8 Å². The lowest BCUT2D eigenvalue weighted by Gasteiger charge is -2.15. The molecule has 0 fully saturated rings. The average Bonchev–Trinajstić information content (AvgIpc) is 2.58. The summed E-state index contributed by atoms with van der Waals surface area (Å²) in [6.07, 6.45) is -0.897. The second-order valence-corrected chi connectivity index (χ2v) is 3.57. The molecule has 2 unspecified atom stereocenters. The summed E-state index contributed by atoms with van der Waals surface area (Å²) in [6.45, 7) is -0.626. The van der Waals surface area contributed by atoms with Gasteiger partial charge in [0.05, 0.1) is 0 Å². The van der Waals surface area contributed by atoms with Crippen molar-refractivity contribution < 1.29 is 19.7 Å². The van der Waals surface area contributed by atoms with E-state index in [4.69, 9.17) is 9.76 Å². The quantitative estimate of drug-likeness (QED) is 0.392. The molecule has 84 valence electrons. The molecule has 0 aliphatic carbocycles. The molecule has 6 nitrogen and oxygen atoms in total. The summed E-state index contributed by atoms with van der Waals surface area (Å²) in [4.78, 5) is 10.1. The SMILES string of the molecule is O=[N+]([O-])C(CO)C1OB(O)c2ccccc21. The lowest BCUT2D eigenvalue weighted by molar-refractivity contribution is -0.537. The van der Waals surface area contributed by atoms with E-state index >= 15 is 0 Å². The summed E-state index contributed by atoms with van der Waals surface area (Å²) in [6, 6.07) is 5.48. The van der Waals surface area contributed by atoms with E-state index in [2.05, 4.69) is 0 Å². The van der Waals surface area contributed by atoms with E-state index in [0.29, 0.717) is 11.0 Å². The van der Waals surface area contributed by atoms with Gasteiger partial charge in [0.25, 0.3) is 6.04 Å². The van der Waals surface area contributed by atoms with Crippen LogP contribution in [0.1, 0.15) is 11.7 Å². The Balaban J connectivity index is 2.36. The molecule has 2 N–H and O–H groups in total. The molecule has 0 bridgehead atoms. The molecular weight excluding hydrogens is 213 g/mol. The third-order valence-corrected chi connectivity index (χ3v) is 2.65. The summed E-state index contributed by atoms with van der Waals surface area (Å²) in [5.74, 6) is 0. The van der Waals surface area contributed by atoms with Crippen molar-refractivity contribution in [2.45, 2.75) is 12.1 Å². The van der Waals surface area contributed by atoms with Crippen LogP contribution >= 0.6 is 0 Å². The van der Waals surface area contributed by atoms with Gasteiger partial charge in [0.15, 0.2) is 0 Å². The van der Waals surface area contributed by atoms with Crippen molar-refractivity contribution in [3.63, 3.8) is 0 Å². The van der Waals surface area contributed by atoms with Crippen LogP contribution in [0.15, 0.2) is 24.3 Å². The first-order valence-electron chi connectivity index (χ1n) is 4.82. The van der Waals surface area contributed by atoms with E-state index in [1.54, 1.807) is 24.3 Å². The van der Waals surface area contributed by atoms with Gasteiger partial charge in [-0.3, -0.25) is 10.1 Å².